The van der Waals surface area contributed by atoms with Gasteiger partial charge < -0.3 is 4.74 Å². The standard InChI is InChI=1S/C12H9Cl2NO2S/c1-6-3-8(4-7(2)10(6)13)17-12-15-11(14)9(5-16)18-12/h3-5H,1-2H3. The lowest BCUT2D eigenvalue weighted by Crippen LogP contribution is -1.87. The highest BCUT2D eigenvalue weighted by Gasteiger charge is 2.11. The number of aromatic nitrogens is 1. The molecule has 0 amide bonds. The van der Waals surface area contributed by atoms with Crippen LogP contribution in [-0.4, -0.2) is 11.3 Å². The van der Waals surface area contributed by atoms with Crippen LogP contribution in [0.2, 0.25) is 10.2 Å². The Hall–Kier alpha value is -1.10. The Balaban J connectivity index is 2.31. The molecule has 2 aromatic rings. The number of aldehydes is 1. The second-order valence-corrected chi connectivity index (χ2v) is 5.45. The van der Waals surface area contributed by atoms with Gasteiger partial charge in [-0.05, 0) is 37.1 Å². The predicted molar refractivity (Wildman–Crippen MR) is 73.5 cm³/mol. The second-order valence-electron chi connectivity index (χ2n) is 3.73. The van der Waals surface area contributed by atoms with Gasteiger partial charge in [-0.3, -0.25) is 4.79 Å². The third-order valence-electron chi connectivity index (χ3n) is 2.31. The average Bonchev–Trinajstić information content (AvgIpc) is 2.66. The second kappa shape index (κ2) is 5.26. The van der Waals surface area contributed by atoms with Gasteiger partial charge in [-0.15, -0.1) is 0 Å². The molecule has 0 N–H and O–H groups in total. The van der Waals surface area contributed by atoms with Crippen molar-refractivity contribution < 1.29 is 9.53 Å². The number of ether oxygens (including phenoxy) is 1. The van der Waals surface area contributed by atoms with E-state index < -0.39 is 0 Å². The van der Waals surface area contributed by atoms with Crippen molar-refractivity contribution >= 4 is 40.8 Å². The van der Waals surface area contributed by atoms with Crippen molar-refractivity contribution in [3.05, 3.63) is 38.3 Å². The summed E-state index contributed by atoms with van der Waals surface area (Å²) in [5.41, 5.74) is 1.84. The number of halogens is 2. The van der Waals surface area contributed by atoms with Gasteiger partial charge in [0.05, 0.1) is 0 Å². The maximum absolute atomic E-state index is 10.7. The van der Waals surface area contributed by atoms with Crippen molar-refractivity contribution in [2.75, 3.05) is 0 Å². The average molecular weight is 302 g/mol. The van der Waals surface area contributed by atoms with E-state index in [1.54, 1.807) is 0 Å². The van der Waals surface area contributed by atoms with Gasteiger partial charge in [0.1, 0.15) is 10.6 Å². The molecule has 0 aliphatic rings. The highest BCUT2D eigenvalue weighted by molar-refractivity contribution is 7.15. The van der Waals surface area contributed by atoms with E-state index in [2.05, 4.69) is 4.98 Å². The molecule has 3 nitrogen and oxygen atoms in total. The zero-order chi connectivity index (χ0) is 13.3. The van der Waals surface area contributed by atoms with Crippen molar-refractivity contribution in [3.63, 3.8) is 0 Å². The van der Waals surface area contributed by atoms with Crippen LogP contribution in [0.5, 0.6) is 10.9 Å². The first-order chi connectivity index (χ1) is 8.51. The van der Waals surface area contributed by atoms with Gasteiger partial charge in [-0.1, -0.05) is 34.5 Å². The van der Waals surface area contributed by atoms with Crippen LogP contribution < -0.4 is 4.74 Å². The highest BCUT2D eigenvalue weighted by Crippen LogP contribution is 2.33. The van der Waals surface area contributed by atoms with Crippen LogP contribution in [0.1, 0.15) is 20.8 Å². The number of nitrogens with zero attached hydrogens (tertiary/aromatic N) is 1. The van der Waals surface area contributed by atoms with Crippen LogP contribution in [0.4, 0.5) is 0 Å². The number of thiazole rings is 1. The van der Waals surface area contributed by atoms with Crippen LogP contribution in [0, 0.1) is 13.8 Å². The van der Waals surface area contributed by atoms with Crippen molar-refractivity contribution in [2.45, 2.75) is 13.8 Å². The summed E-state index contributed by atoms with van der Waals surface area (Å²) >= 11 is 12.9. The van der Waals surface area contributed by atoms with Crippen LogP contribution >= 0.6 is 34.5 Å². The first-order valence-electron chi connectivity index (χ1n) is 5.07. The Bertz CT molecular complexity index is 587. The van der Waals surface area contributed by atoms with E-state index >= 15 is 0 Å². The maximum Gasteiger partial charge on any atom is 0.280 e. The van der Waals surface area contributed by atoms with Crippen LogP contribution in [-0.2, 0) is 0 Å². The summed E-state index contributed by atoms with van der Waals surface area (Å²) in [6.07, 6.45) is 0.658. The molecule has 0 aliphatic heterocycles. The Morgan fingerprint density at radius 3 is 2.39 bits per heavy atom. The first kappa shape index (κ1) is 13.3. The zero-order valence-corrected chi connectivity index (χ0v) is 12.0. The molecule has 0 spiro atoms. The van der Waals surface area contributed by atoms with Crippen LogP contribution in [0.15, 0.2) is 12.1 Å². The van der Waals surface area contributed by atoms with Gasteiger partial charge in [0.25, 0.3) is 5.19 Å². The maximum atomic E-state index is 10.7. The first-order valence-corrected chi connectivity index (χ1v) is 6.64. The molecule has 0 saturated heterocycles. The number of aryl methyl sites for hydroxylation is 2. The lowest BCUT2D eigenvalue weighted by atomic mass is 10.1. The SMILES string of the molecule is Cc1cc(Oc2nc(Cl)c(C=O)s2)cc(C)c1Cl. The Morgan fingerprint density at radius 1 is 1.28 bits per heavy atom. The van der Waals surface area contributed by atoms with E-state index in [1.807, 2.05) is 26.0 Å². The minimum atomic E-state index is 0.160. The summed E-state index contributed by atoms with van der Waals surface area (Å²) in [4.78, 5) is 15.0. The van der Waals surface area contributed by atoms with Crippen molar-refractivity contribution in [2.24, 2.45) is 0 Å². The van der Waals surface area contributed by atoms with Gasteiger partial charge in [0, 0.05) is 5.02 Å². The zero-order valence-electron chi connectivity index (χ0n) is 9.66. The molecule has 94 valence electrons. The van der Waals surface area contributed by atoms with Crippen molar-refractivity contribution in [3.8, 4) is 10.9 Å². The third kappa shape index (κ3) is 2.66. The number of hydrogen-bond acceptors (Lipinski definition) is 4. The van der Waals surface area contributed by atoms with Gasteiger partial charge in [-0.25, -0.2) is 0 Å². The summed E-state index contributed by atoms with van der Waals surface area (Å²) in [6, 6.07) is 3.62. The highest BCUT2D eigenvalue weighted by atomic mass is 35.5. The van der Waals surface area contributed by atoms with Crippen molar-refractivity contribution in [1.82, 2.24) is 4.98 Å². The monoisotopic (exact) mass is 301 g/mol. The summed E-state index contributed by atoms with van der Waals surface area (Å²) in [5, 5.41) is 1.21. The fraction of sp³-hybridized carbons (Fsp3) is 0.167. The quantitative estimate of drug-likeness (QED) is 0.773. The molecule has 1 aromatic heterocycles. The molecule has 0 aliphatic carbocycles. The molecule has 1 aromatic carbocycles. The molecule has 1 heterocycles. The molecular weight excluding hydrogens is 293 g/mol. The molecule has 2 rings (SSSR count). The van der Waals surface area contributed by atoms with Gasteiger partial charge in [0.2, 0.25) is 0 Å². The van der Waals surface area contributed by atoms with Crippen LogP contribution in [0.25, 0.3) is 0 Å². The largest absolute Gasteiger partial charge is 0.431 e. The molecule has 0 unspecified atom stereocenters. The Morgan fingerprint density at radius 2 is 1.89 bits per heavy atom. The lowest BCUT2D eigenvalue weighted by molar-refractivity contribution is 0.112. The molecular formula is C12H9Cl2NO2S. The lowest BCUT2D eigenvalue weighted by Gasteiger charge is -2.07. The smallest absolute Gasteiger partial charge is 0.280 e. The van der Waals surface area contributed by atoms with Gasteiger partial charge in [-0.2, -0.15) is 4.98 Å². The van der Waals surface area contributed by atoms with E-state index in [1.165, 1.54) is 0 Å². The van der Waals surface area contributed by atoms with Gasteiger partial charge >= 0.3 is 0 Å². The normalized spacial score (nSPS) is 10.4. The minimum Gasteiger partial charge on any atom is -0.431 e. The summed E-state index contributed by atoms with van der Waals surface area (Å²) < 4.78 is 5.56. The number of carbonyl (C=O) groups excluding carboxylic acids is 1. The fourth-order valence-corrected chi connectivity index (χ4v) is 2.51. The van der Waals surface area contributed by atoms with E-state index in [9.17, 15) is 4.79 Å². The minimum absolute atomic E-state index is 0.160. The summed E-state index contributed by atoms with van der Waals surface area (Å²) in [5.74, 6) is 0.622. The predicted octanol–water partition coefficient (Wildman–Crippen LogP) is 4.67. The van der Waals surface area contributed by atoms with E-state index in [0.717, 1.165) is 22.5 Å². The molecule has 6 heteroatoms. The number of hydrogen-bond donors (Lipinski definition) is 0. The van der Waals surface area contributed by atoms with Gasteiger partial charge in [0.15, 0.2) is 11.4 Å². The van der Waals surface area contributed by atoms with Crippen molar-refractivity contribution in [1.29, 1.82) is 0 Å². The number of carbonyl (C=O) groups is 1. The molecule has 0 saturated carbocycles. The Kier molecular flexibility index (Phi) is 3.90. The number of rotatable bonds is 3. The summed E-state index contributed by atoms with van der Waals surface area (Å²) in [7, 11) is 0. The Labute approximate surface area is 118 Å². The molecule has 0 bridgehead atoms. The topological polar surface area (TPSA) is 39.2 Å². The molecule has 0 fully saturated rings. The molecule has 0 radical (unpaired) electrons. The third-order valence-corrected chi connectivity index (χ3v) is 4.17. The van der Waals surface area contributed by atoms with E-state index in [0.29, 0.717) is 27.1 Å². The van der Waals surface area contributed by atoms with E-state index in [-0.39, 0.29) is 5.15 Å². The molecule has 18 heavy (non-hydrogen) atoms. The number of benzene rings is 1. The van der Waals surface area contributed by atoms with Crippen LogP contribution in [0.3, 0.4) is 0 Å². The molecule has 0 atom stereocenters. The fourth-order valence-electron chi connectivity index (χ4n) is 1.48. The van der Waals surface area contributed by atoms with E-state index in [4.69, 9.17) is 27.9 Å². The summed E-state index contributed by atoms with van der Waals surface area (Å²) in [6.45, 7) is 3.79.